The minimum Gasteiger partial charge on any atom is -0.500 e. The molecule has 0 aliphatic heterocycles. The number of pyridine rings is 2. The fourth-order valence-corrected chi connectivity index (χ4v) is 7.37. The Morgan fingerprint density at radius 3 is 2.02 bits per heavy atom. The maximum atomic E-state index is 6.10. The predicted molar refractivity (Wildman–Crippen MR) is 187 cm³/mol. The molecular weight excluding hydrogens is 789 g/mol. The summed E-state index contributed by atoms with van der Waals surface area (Å²) >= 11 is -1.73. The van der Waals surface area contributed by atoms with E-state index in [1.807, 2.05) is 30.6 Å². The van der Waals surface area contributed by atoms with E-state index in [1.54, 1.807) is 0 Å². The fraction of sp³-hybridized carbons (Fsp3) is 0.150. The molecule has 0 aliphatic rings. The Balaban J connectivity index is 0.000000193. The zero-order chi connectivity index (χ0) is 30.8. The van der Waals surface area contributed by atoms with Gasteiger partial charge in [-0.05, 0) is 42.8 Å². The van der Waals surface area contributed by atoms with E-state index in [0.717, 1.165) is 50.0 Å². The van der Waals surface area contributed by atoms with Gasteiger partial charge in [0.1, 0.15) is 5.58 Å². The Kier molecular flexibility index (Phi) is 9.89. The van der Waals surface area contributed by atoms with Gasteiger partial charge >= 0.3 is 106 Å². The number of fused-ring (bicyclic) bond motifs is 3. The zero-order valence-electron chi connectivity index (χ0n) is 26.5. The number of furan rings is 1. The minimum atomic E-state index is -1.73. The quantitative estimate of drug-likeness (QED) is 0.131. The molecule has 45 heavy (non-hydrogen) atoms. The third kappa shape index (κ3) is 7.53. The largest absolute Gasteiger partial charge is 0.500 e. The molecule has 7 rings (SSSR count). The Hall–Kier alpha value is -3.83. The Morgan fingerprint density at radius 2 is 1.33 bits per heavy atom. The number of nitrogens with zero attached hydrogens (tertiary/aromatic N) is 2. The van der Waals surface area contributed by atoms with Crippen molar-refractivity contribution in [3.05, 3.63) is 138 Å². The second kappa shape index (κ2) is 13.7. The van der Waals surface area contributed by atoms with Gasteiger partial charge in [-0.1, -0.05) is 59.0 Å². The van der Waals surface area contributed by atoms with Crippen molar-refractivity contribution in [1.29, 1.82) is 0 Å². The summed E-state index contributed by atoms with van der Waals surface area (Å²) in [5, 5.41) is 2.21. The molecule has 0 aliphatic carbocycles. The topological polar surface area (TPSA) is 38.9 Å². The molecule has 0 saturated carbocycles. The van der Waals surface area contributed by atoms with Gasteiger partial charge in [0.2, 0.25) is 0 Å². The summed E-state index contributed by atoms with van der Waals surface area (Å²) in [5.41, 5.74) is 11.8. The molecule has 0 bridgehead atoms. The van der Waals surface area contributed by atoms with Crippen LogP contribution >= 0.6 is 0 Å². The van der Waals surface area contributed by atoms with Crippen LogP contribution in [-0.2, 0) is 20.1 Å². The summed E-state index contributed by atoms with van der Waals surface area (Å²) in [6.07, 6.45) is 3.88. The van der Waals surface area contributed by atoms with Gasteiger partial charge in [-0.25, -0.2) is 0 Å². The van der Waals surface area contributed by atoms with Crippen molar-refractivity contribution in [2.75, 3.05) is 0 Å². The molecule has 1 radical (unpaired) electrons. The number of aryl methyl sites for hydroxylation is 3. The van der Waals surface area contributed by atoms with Crippen LogP contribution in [-0.4, -0.2) is 23.2 Å². The first-order chi connectivity index (χ1) is 21.1. The first-order valence-corrected chi connectivity index (χ1v) is 22.3. The summed E-state index contributed by atoms with van der Waals surface area (Å²) in [6.45, 7) is 6.27. The van der Waals surface area contributed by atoms with Crippen LogP contribution in [0.3, 0.4) is 0 Å². The van der Waals surface area contributed by atoms with E-state index < -0.39 is 13.3 Å². The molecule has 0 fully saturated rings. The average Bonchev–Trinajstić information content (AvgIpc) is 3.39. The molecule has 0 unspecified atom stereocenters. The van der Waals surface area contributed by atoms with Crippen LogP contribution in [0.15, 0.2) is 114 Å². The van der Waals surface area contributed by atoms with Gasteiger partial charge in [0.25, 0.3) is 0 Å². The standard InChI is InChI=1S/C25H18NO.C15H18GeN.Ir/c1-16-3-5-18(6-4-16)19-7-9-21-22-14-20(23-13-17(2)11-12-26-23)8-10-24(22)27-25(21)15-19;1-12-6-5-7-13(10-12)15-9-8-14(11-17-15)16(2,3)4;/h3-7,9-15H,1-2H3;5-6,8-11H,1-4H3;/q2*-1;. The van der Waals surface area contributed by atoms with Crippen LogP contribution in [0, 0.1) is 32.9 Å². The molecule has 0 saturated heterocycles. The van der Waals surface area contributed by atoms with E-state index in [1.165, 1.54) is 26.6 Å². The first-order valence-electron chi connectivity index (χ1n) is 15.0. The van der Waals surface area contributed by atoms with Crippen molar-refractivity contribution in [3.63, 3.8) is 0 Å². The van der Waals surface area contributed by atoms with Gasteiger partial charge in [-0.2, -0.15) is 0 Å². The van der Waals surface area contributed by atoms with Crippen molar-refractivity contribution in [2.24, 2.45) is 0 Å². The molecule has 0 spiro atoms. The smallest absolute Gasteiger partial charge is 0.121 e. The van der Waals surface area contributed by atoms with Crippen LogP contribution < -0.4 is 4.40 Å². The van der Waals surface area contributed by atoms with Crippen LogP contribution in [0.5, 0.6) is 0 Å². The van der Waals surface area contributed by atoms with Gasteiger partial charge in [-0.3, -0.25) is 0 Å². The minimum absolute atomic E-state index is 0. The molecule has 7 aromatic rings. The Labute approximate surface area is 282 Å². The number of benzene rings is 4. The summed E-state index contributed by atoms with van der Waals surface area (Å²) in [7, 11) is 0. The number of hydrogen-bond donors (Lipinski definition) is 0. The number of hydrogen-bond acceptors (Lipinski definition) is 3. The maximum absolute atomic E-state index is 6.10. The average molecular weight is 826 g/mol. The van der Waals surface area contributed by atoms with E-state index in [9.17, 15) is 0 Å². The monoisotopic (exact) mass is 827 g/mol. The molecule has 3 aromatic heterocycles. The molecule has 0 atom stereocenters. The molecule has 0 amide bonds. The molecule has 0 N–H and O–H groups in total. The molecular formula is C40H36GeIrN2O-2. The van der Waals surface area contributed by atoms with Crippen molar-refractivity contribution in [3.8, 4) is 33.6 Å². The summed E-state index contributed by atoms with van der Waals surface area (Å²) in [4.78, 5) is 9.05. The molecule has 5 heteroatoms. The zero-order valence-corrected chi connectivity index (χ0v) is 31.0. The van der Waals surface area contributed by atoms with E-state index in [4.69, 9.17) is 4.42 Å². The van der Waals surface area contributed by atoms with Crippen LogP contribution in [0.1, 0.15) is 16.7 Å². The van der Waals surface area contributed by atoms with E-state index >= 15 is 0 Å². The molecule has 227 valence electrons. The van der Waals surface area contributed by atoms with Crippen LogP contribution in [0.4, 0.5) is 0 Å². The van der Waals surface area contributed by atoms with Crippen LogP contribution in [0.2, 0.25) is 17.3 Å². The fourth-order valence-electron chi connectivity index (χ4n) is 5.20. The van der Waals surface area contributed by atoms with E-state index in [2.05, 4.69) is 139 Å². The van der Waals surface area contributed by atoms with E-state index in [0.29, 0.717) is 0 Å². The van der Waals surface area contributed by atoms with Gasteiger partial charge in [0.05, 0.1) is 5.58 Å². The normalized spacial score (nSPS) is 11.2. The predicted octanol–water partition coefficient (Wildman–Crippen LogP) is 10.1. The van der Waals surface area contributed by atoms with Crippen molar-refractivity contribution in [2.45, 2.75) is 38.0 Å². The maximum Gasteiger partial charge on any atom is 0.121 e. The number of rotatable bonds is 4. The van der Waals surface area contributed by atoms with Gasteiger partial charge < -0.3 is 9.40 Å². The van der Waals surface area contributed by atoms with Crippen LogP contribution in [0.25, 0.3) is 55.6 Å². The summed E-state index contributed by atoms with van der Waals surface area (Å²) in [6, 6.07) is 40.1. The van der Waals surface area contributed by atoms with E-state index in [-0.39, 0.29) is 20.1 Å². The Bertz CT molecular complexity index is 2070. The second-order valence-electron chi connectivity index (χ2n) is 12.5. The Morgan fingerprint density at radius 1 is 0.600 bits per heavy atom. The molecule has 4 aromatic carbocycles. The SMILES string of the molecule is Cc1cc[c-]c(-c2cc[c]([Ge]([CH3])([CH3])[CH3])cn2)c1.Cc1ccc(-c2ccc3c(c2)oc2c[c-]c(-c4cc(C)ccn4)cc23)cc1.[Ir]. The summed E-state index contributed by atoms with van der Waals surface area (Å²) < 4.78 is 7.55. The van der Waals surface area contributed by atoms with Crippen molar-refractivity contribution >= 4 is 39.6 Å². The third-order valence-electron chi connectivity index (χ3n) is 7.84. The second-order valence-corrected chi connectivity index (χ2v) is 23.1. The first kappa shape index (κ1) is 32.6. The summed E-state index contributed by atoms with van der Waals surface area (Å²) in [5.74, 6) is 7.15. The van der Waals surface area contributed by atoms with Gasteiger partial charge in [0.15, 0.2) is 0 Å². The third-order valence-corrected chi connectivity index (χ3v) is 12.1. The van der Waals surface area contributed by atoms with Crippen molar-refractivity contribution < 1.29 is 24.5 Å². The van der Waals surface area contributed by atoms with Crippen molar-refractivity contribution in [1.82, 2.24) is 9.97 Å². The van der Waals surface area contributed by atoms with Gasteiger partial charge in [0, 0.05) is 31.7 Å². The number of aromatic nitrogens is 2. The van der Waals surface area contributed by atoms with Gasteiger partial charge in [-0.15, -0.1) is 23.8 Å². The molecule has 3 nitrogen and oxygen atoms in total. The molecule has 3 heterocycles.